The third kappa shape index (κ3) is 3.70. The van der Waals surface area contributed by atoms with Crippen molar-refractivity contribution >= 4 is 22.5 Å². The first-order chi connectivity index (χ1) is 10.1. The Morgan fingerprint density at radius 2 is 2.05 bits per heavy atom. The lowest BCUT2D eigenvalue weighted by atomic mass is 10.1. The summed E-state index contributed by atoms with van der Waals surface area (Å²) in [6.45, 7) is 0.841. The van der Waals surface area contributed by atoms with Crippen LogP contribution in [-0.2, 0) is 0 Å². The molecule has 0 radical (unpaired) electrons. The largest absolute Gasteiger partial charge is 0.396 e. The predicted molar refractivity (Wildman–Crippen MR) is 84.1 cm³/mol. The smallest absolute Gasteiger partial charge is 0.272 e. The van der Waals surface area contributed by atoms with Gasteiger partial charge in [0.05, 0.1) is 0 Å². The average molecular weight is 287 g/mol. The molecule has 0 saturated heterocycles. The number of hydrogen-bond acceptors (Lipinski definition) is 4. The highest BCUT2D eigenvalue weighted by molar-refractivity contribution is 5.99. The van der Waals surface area contributed by atoms with Crippen molar-refractivity contribution in [3.05, 3.63) is 36.0 Å². The molecule has 3 N–H and O–H groups in total. The highest BCUT2D eigenvalue weighted by Crippen LogP contribution is 2.20. The van der Waals surface area contributed by atoms with Gasteiger partial charge in [0, 0.05) is 25.6 Å². The molecule has 0 fully saturated rings. The standard InChI is InChI=1S/C16H21N3O2/c1-19(9-5-2-6-10-20)16(21)14-11-12-7-3-4-8-13(12)15(17)18-14/h3-4,7-8,11,20H,2,5-6,9-10H2,1H3,(H2,17,18). The van der Waals surface area contributed by atoms with Gasteiger partial charge in [0.2, 0.25) is 0 Å². The van der Waals surface area contributed by atoms with Crippen molar-refractivity contribution in [3.8, 4) is 0 Å². The predicted octanol–water partition coefficient (Wildman–Crippen LogP) is 2.05. The number of hydrogen-bond donors (Lipinski definition) is 2. The molecule has 2 rings (SSSR count). The Kier molecular flexibility index (Phi) is 5.11. The topological polar surface area (TPSA) is 79.5 Å². The summed E-state index contributed by atoms with van der Waals surface area (Å²) in [6.07, 6.45) is 2.54. The molecule has 112 valence electrons. The summed E-state index contributed by atoms with van der Waals surface area (Å²) < 4.78 is 0. The van der Waals surface area contributed by atoms with Gasteiger partial charge >= 0.3 is 0 Å². The molecule has 0 bridgehead atoms. The molecule has 1 aromatic heterocycles. The molecule has 5 heteroatoms. The van der Waals surface area contributed by atoms with E-state index < -0.39 is 0 Å². The van der Waals surface area contributed by atoms with Crippen LogP contribution in [0.5, 0.6) is 0 Å². The summed E-state index contributed by atoms with van der Waals surface area (Å²) in [5.74, 6) is 0.251. The fourth-order valence-electron chi connectivity index (χ4n) is 2.27. The number of aliphatic hydroxyl groups excluding tert-OH is 1. The molecule has 1 amide bonds. The lowest BCUT2D eigenvalue weighted by Crippen LogP contribution is -2.28. The lowest BCUT2D eigenvalue weighted by Gasteiger charge is -2.17. The minimum Gasteiger partial charge on any atom is -0.396 e. The summed E-state index contributed by atoms with van der Waals surface area (Å²) in [5.41, 5.74) is 6.30. The highest BCUT2D eigenvalue weighted by Gasteiger charge is 2.14. The molecule has 1 heterocycles. The Morgan fingerprint density at radius 1 is 1.29 bits per heavy atom. The van der Waals surface area contributed by atoms with Crippen molar-refractivity contribution in [1.82, 2.24) is 9.88 Å². The first-order valence-corrected chi connectivity index (χ1v) is 7.15. The van der Waals surface area contributed by atoms with Crippen molar-refractivity contribution < 1.29 is 9.90 Å². The van der Waals surface area contributed by atoms with E-state index >= 15 is 0 Å². The number of aromatic nitrogens is 1. The molecule has 1 aromatic carbocycles. The molecule has 0 aliphatic heterocycles. The number of fused-ring (bicyclic) bond motifs is 1. The Labute approximate surface area is 124 Å². The van der Waals surface area contributed by atoms with E-state index in [2.05, 4.69) is 4.98 Å². The van der Waals surface area contributed by atoms with Gasteiger partial charge in [0.25, 0.3) is 5.91 Å². The number of unbranched alkanes of at least 4 members (excludes halogenated alkanes) is 2. The third-order valence-corrected chi connectivity index (χ3v) is 3.49. The van der Waals surface area contributed by atoms with Gasteiger partial charge in [-0.3, -0.25) is 4.79 Å². The molecular formula is C16H21N3O2. The first-order valence-electron chi connectivity index (χ1n) is 7.15. The molecule has 5 nitrogen and oxygen atoms in total. The van der Waals surface area contributed by atoms with Crippen LogP contribution in [0.3, 0.4) is 0 Å². The van der Waals surface area contributed by atoms with Gasteiger partial charge in [-0.1, -0.05) is 24.3 Å². The summed E-state index contributed by atoms with van der Waals surface area (Å²) in [6, 6.07) is 9.40. The van der Waals surface area contributed by atoms with Crippen molar-refractivity contribution in [1.29, 1.82) is 0 Å². The van der Waals surface area contributed by atoms with E-state index in [9.17, 15) is 4.79 Å². The number of amides is 1. The van der Waals surface area contributed by atoms with Gasteiger partial charge in [-0.05, 0) is 30.7 Å². The molecule has 0 unspecified atom stereocenters. The molecule has 0 saturated carbocycles. The van der Waals surface area contributed by atoms with Crippen molar-refractivity contribution in [2.75, 3.05) is 25.9 Å². The quantitative estimate of drug-likeness (QED) is 0.797. The summed E-state index contributed by atoms with van der Waals surface area (Å²) in [7, 11) is 1.76. The molecule has 0 spiro atoms. The zero-order chi connectivity index (χ0) is 15.2. The van der Waals surface area contributed by atoms with Crippen LogP contribution < -0.4 is 5.73 Å². The second kappa shape index (κ2) is 7.04. The van der Waals surface area contributed by atoms with E-state index in [1.165, 1.54) is 0 Å². The maximum atomic E-state index is 12.4. The number of nitrogens with two attached hydrogens (primary N) is 1. The minimum absolute atomic E-state index is 0.128. The molecular weight excluding hydrogens is 266 g/mol. The van der Waals surface area contributed by atoms with E-state index in [-0.39, 0.29) is 12.5 Å². The number of carbonyl (C=O) groups excluding carboxylic acids is 1. The Hall–Kier alpha value is -2.14. The molecule has 21 heavy (non-hydrogen) atoms. The van der Waals surface area contributed by atoms with E-state index in [1.807, 2.05) is 24.3 Å². The van der Waals surface area contributed by atoms with Crippen LogP contribution in [0.25, 0.3) is 10.8 Å². The van der Waals surface area contributed by atoms with Gasteiger partial charge in [0.15, 0.2) is 0 Å². The Morgan fingerprint density at radius 3 is 2.81 bits per heavy atom. The summed E-state index contributed by atoms with van der Waals surface area (Å²) >= 11 is 0. The summed E-state index contributed by atoms with van der Waals surface area (Å²) in [4.78, 5) is 18.2. The van der Waals surface area contributed by atoms with Crippen LogP contribution >= 0.6 is 0 Å². The monoisotopic (exact) mass is 287 g/mol. The van der Waals surface area contributed by atoms with Crippen LogP contribution in [0, 0.1) is 0 Å². The maximum absolute atomic E-state index is 12.4. The number of pyridine rings is 1. The zero-order valence-corrected chi connectivity index (χ0v) is 12.2. The molecule has 0 aliphatic carbocycles. The molecule has 2 aromatic rings. The Bertz CT molecular complexity index is 628. The number of nitrogens with zero attached hydrogens (tertiary/aromatic N) is 2. The molecule has 0 aliphatic rings. The van der Waals surface area contributed by atoms with E-state index in [0.29, 0.717) is 18.1 Å². The zero-order valence-electron chi connectivity index (χ0n) is 12.2. The number of aliphatic hydroxyl groups is 1. The van der Waals surface area contributed by atoms with Gasteiger partial charge in [-0.25, -0.2) is 4.98 Å². The highest BCUT2D eigenvalue weighted by atomic mass is 16.2. The Balaban J connectivity index is 2.12. The molecule has 0 atom stereocenters. The fourth-order valence-corrected chi connectivity index (χ4v) is 2.27. The third-order valence-electron chi connectivity index (χ3n) is 3.49. The van der Waals surface area contributed by atoms with Gasteiger partial charge in [0.1, 0.15) is 11.5 Å². The van der Waals surface area contributed by atoms with Crippen LogP contribution in [-0.4, -0.2) is 41.1 Å². The van der Waals surface area contributed by atoms with Crippen LogP contribution in [0.1, 0.15) is 29.8 Å². The SMILES string of the molecule is CN(CCCCCO)C(=O)c1cc2ccccc2c(N)n1. The lowest BCUT2D eigenvalue weighted by molar-refractivity contribution is 0.0786. The second-order valence-corrected chi connectivity index (χ2v) is 5.12. The maximum Gasteiger partial charge on any atom is 0.272 e. The van der Waals surface area contributed by atoms with Gasteiger partial charge in [-0.15, -0.1) is 0 Å². The number of rotatable bonds is 6. The van der Waals surface area contributed by atoms with E-state index in [1.54, 1.807) is 18.0 Å². The van der Waals surface area contributed by atoms with Gasteiger partial charge < -0.3 is 15.7 Å². The van der Waals surface area contributed by atoms with Crippen molar-refractivity contribution in [3.63, 3.8) is 0 Å². The summed E-state index contributed by atoms with van der Waals surface area (Å²) in [5, 5.41) is 10.5. The normalized spacial score (nSPS) is 10.8. The van der Waals surface area contributed by atoms with Crippen LogP contribution in [0.4, 0.5) is 5.82 Å². The van der Waals surface area contributed by atoms with Crippen molar-refractivity contribution in [2.24, 2.45) is 0 Å². The van der Waals surface area contributed by atoms with Gasteiger partial charge in [-0.2, -0.15) is 0 Å². The minimum atomic E-state index is -0.128. The average Bonchev–Trinajstić information content (AvgIpc) is 2.50. The number of benzene rings is 1. The van der Waals surface area contributed by atoms with Crippen LogP contribution in [0.15, 0.2) is 30.3 Å². The number of anilines is 1. The number of carbonyl (C=O) groups is 1. The fraction of sp³-hybridized carbons (Fsp3) is 0.375. The number of nitrogen functional groups attached to an aromatic ring is 1. The first kappa shape index (κ1) is 15.3. The van der Waals surface area contributed by atoms with Crippen LogP contribution in [0.2, 0.25) is 0 Å². The van der Waals surface area contributed by atoms with Crippen molar-refractivity contribution in [2.45, 2.75) is 19.3 Å². The second-order valence-electron chi connectivity index (χ2n) is 5.12. The van der Waals surface area contributed by atoms with E-state index in [0.717, 1.165) is 30.0 Å². The van der Waals surface area contributed by atoms with E-state index in [4.69, 9.17) is 10.8 Å².